The van der Waals surface area contributed by atoms with Gasteiger partial charge in [0.2, 0.25) is 0 Å². The maximum Gasteiger partial charge on any atom is 0.318 e. The Morgan fingerprint density at radius 1 is 1.42 bits per heavy atom. The zero-order chi connectivity index (χ0) is 14.6. The molecule has 0 bridgehead atoms. The Kier molecular flexibility index (Phi) is 4.76. The second-order valence-electron chi connectivity index (χ2n) is 3.66. The summed E-state index contributed by atoms with van der Waals surface area (Å²) < 4.78 is 31.8. The number of halogens is 2. The highest BCUT2D eigenvalue weighted by atomic mass is 19.1. The Hall–Kier alpha value is -2.22. The molecule has 0 aliphatic rings. The number of carbonyl (C=O) groups is 2. The number of primary amides is 1. The van der Waals surface area contributed by atoms with E-state index in [0.717, 1.165) is 12.1 Å². The molecule has 0 saturated heterocycles. The highest BCUT2D eigenvalue weighted by molar-refractivity contribution is 5.95. The van der Waals surface area contributed by atoms with E-state index in [9.17, 15) is 18.4 Å². The van der Waals surface area contributed by atoms with Crippen molar-refractivity contribution in [3.05, 3.63) is 29.3 Å². The van der Waals surface area contributed by atoms with Crippen LogP contribution in [0.5, 0.6) is 5.75 Å². The van der Waals surface area contributed by atoms with Crippen LogP contribution in [0.2, 0.25) is 0 Å². The average molecular weight is 274 g/mol. The number of hydrogen-bond donors (Lipinski definition) is 3. The number of ether oxygens (including phenoxy) is 1. The van der Waals surface area contributed by atoms with Crippen LogP contribution in [0.1, 0.15) is 12.5 Å². The Labute approximate surface area is 107 Å². The SMILES string of the molecule is CC(Oc1c(F)cc(CO)cc1F)C(=O)NC(N)=O. The van der Waals surface area contributed by atoms with Gasteiger partial charge in [-0.3, -0.25) is 10.1 Å². The molecule has 0 aliphatic heterocycles. The highest BCUT2D eigenvalue weighted by Crippen LogP contribution is 2.24. The van der Waals surface area contributed by atoms with Gasteiger partial charge in [0, 0.05) is 0 Å². The number of urea groups is 1. The van der Waals surface area contributed by atoms with Crippen LogP contribution in [0.15, 0.2) is 12.1 Å². The van der Waals surface area contributed by atoms with E-state index in [0.29, 0.717) is 0 Å². The van der Waals surface area contributed by atoms with Crippen LogP contribution in [-0.2, 0) is 11.4 Å². The number of aliphatic hydroxyl groups is 1. The van der Waals surface area contributed by atoms with Crippen molar-refractivity contribution in [3.8, 4) is 5.75 Å². The van der Waals surface area contributed by atoms with Gasteiger partial charge in [0.1, 0.15) is 0 Å². The number of aliphatic hydroxyl groups excluding tert-OH is 1. The fraction of sp³-hybridized carbons (Fsp3) is 0.273. The molecular weight excluding hydrogens is 262 g/mol. The molecule has 3 amide bonds. The van der Waals surface area contributed by atoms with Crippen molar-refractivity contribution in [2.75, 3.05) is 0 Å². The zero-order valence-electron chi connectivity index (χ0n) is 9.94. The van der Waals surface area contributed by atoms with Gasteiger partial charge in [0.15, 0.2) is 23.5 Å². The van der Waals surface area contributed by atoms with Crippen molar-refractivity contribution >= 4 is 11.9 Å². The first kappa shape index (κ1) is 14.8. The molecular formula is C11H12F2N2O4. The molecule has 19 heavy (non-hydrogen) atoms. The fourth-order valence-electron chi connectivity index (χ4n) is 1.27. The molecule has 1 aromatic carbocycles. The van der Waals surface area contributed by atoms with Crippen molar-refractivity contribution < 1.29 is 28.2 Å². The summed E-state index contributed by atoms with van der Waals surface area (Å²) in [5.41, 5.74) is 4.74. The first-order valence-corrected chi connectivity index (χ1v) is 5.21. The number of benzene rings is 1. The van der Waals surface area contributed by atoms with Gasteiger partial charge in [-0.1, -0.05) is 0 Å². The Morgan fingerprint density at radius 2 is 1.95 bits per heavy atom. The van der Waals surface area contributed by atoms with Crippen molar-refractivity contribution in [1.82, 2.24) is 5.32 Å². The topological polar surface area (TPSA) is 102 Å². The van der Waals surface area contributed by atoms with E-state index in [1.54, 1.807) is 5.32 Å². The third-order valence-corrected chi connectivity index (χ3v) is 2.15. The van der Waals surface area contributed by atoms with Crippen LogP contribution in [-0.4, -0.2) is 23.1 Å². The standard InChI is InChI=1S/C11H12F2N2O4/c1-5(10(17)15-11(14)18)19-9-7(12)2-6(4-16)3-8(9)13/h2-3,5,16H,4H2,1H3,(H3,14,15,17,18). The lowest BCUT2D eigenvalue weighted by molar-refractivity contribution is -0.126. The molecule has 0 saturated carbocycles. The van der Waals surface area contributed by atoms with Gasteiger partial charge >= 0.3 is 6.03 Å². The Bertz CT molecular complexity index is 484. The molecule has 0 aliphatic carbocycles. The van der Waals surface area contributed by atoms with E-state index in [1.807, 2.05) is 0 Å². The summed E-state index contributed by atoms with van der Waals surface area (Å²) in [7, 11) is 0. The molecule has 0 aromatic heterocycles. The van der Waals surface area contributed by atoms with Crippen LogP contribution in [0, 0.1) is 11.6 Å². The maximum atomic E-state index is 13.5. The van der Waals surface area contributed by atoms with Gasteiger partial charge in [-0.25, -0.2) is 13.6 Å². The fourth-order valence-corrected chi connectivity index (χ4v) is 1.27. The molecule has 8 heteroatoms. The van der Waals surface area contributed by atoms with Crippen LogP contribution >= 0.6 is 0 Å². The van der Waals surface area contributed by atoms with Crippen LogP contribution < -0.4 is 15.8 Å². The number of nitrogens with one attached hydrogen (secondary N) is 1. The number of amides is 3. The zero-order valence-corrected chi connectivity index (χ0v) is 9.94. The molecule has 1 rings (SSSR count). The van der Waals surface area contributed by atoms with Gasteiger partial charge in [-0.2, -0.15) is 0 Å². The number of hydrogen-bond acceptors (Lipinski definition) is 4. The second-order valence-corrected chi connectivity index (χ2v) is 3.66. The van der Waals surface area contributed by atoms with Crippen molar-refractivity contribution in [2.24, 2.45) is 5.73 Å². The molecule has 0 spiro atoms. The molecule has 104 valence electrons. The lowest BCUT2D eigenvalue weighted by atomic mass is 10.2. The first-order valence-electron chi connectivity index (χ1n) is 5.21. The summed E-state index contributed by atoms with van der Waals surface area (Å²) >= 11 is 0. The summed E-state index contributed by atoms with van der Waals surface area (Å²) in [6.45, 7) is 0.656. The summed E-state index contributed by atoms with van der Waals surface area (Å²) in [5, 5.41) is 10.5. The Morgan fingerprint density at radius 3 is 2.37 bits per heavy atom. The molecule has 6 nitrogen and oxygen atoms in total. The average Bonchev–Trinajstić information content (AvgIpc) is 2.32. The van der Waals surface area contributed by atoms with Gasteiger partial charge in [0.25, 0.3) is 5.91 Å². The van der Waals surface area contributed by atoms with Crippen molar-refractivity contribution in [3.63, 3.8) is 0 Å². The molecule has 1 atom stereocenters. The minimum absolute atomic E-state index is 0.0246. The normalized spacial score (nSPS) is 11.8. The lowest BCUT2D eigenvalue weighted by Gasteiger charge is -2.15. The predicted octanol–water partition coefficient (Wildman–Crippen LogP) is 0.419. The monoisotopic (exact) mass is 274 g/mol. The second kappa shape index (κ2) is 6.10. The molecule has 0 heterocycles. The van der Waals surface area contributed by atoms with E-state index in [1.165, 1.54) is 6.92 Å². The number of imide groups is 1. The van der Waals surface area contributed by atoms with Crippen LogP contribution in [0.3, 0.4) is 0 Å². The molecule has 0 radical (unpaired) electrons. The third kappa shape index (κ3) is 3.88. The van der Waals surface area contributed by atoms with E-state index in [-0.39, 0.29) is 5.56 Å². The summed E-state index contributed by atoms with van der Waals surface area (Å²) in [6.07, 6.45) is -1.32. The van der Waals surface area contributed by atoms with Gasteiger partial charge in [-0.15, -0.1) is 0 Å². The van der Waals surface area contributed by atoms with Crippen LogP contribution in [0.25, 0.3) is 0 Å². The van der Waals surface area contributed by atoms with E-state index < -0.39 is 42.0 Å². The molecule has 0 fully saturated rings. The van der Waals surface area contributed by atoms with Crippen molar-refractivity contribution in [2.45, 2.75) is 19.6 Å². The predicted molar refractivity (Wildman–Crippen MR) is 60.1 cm³/mol. The minimum Gasteiger partial charge on any atom is -0.475 e. The van der Waals surface area contributed by atoms with E-state index in [2.05, 4.69) is 0 Å². The molecule has 1 aromatic rings. The summed E-state index contributed by atoms with van der Waals surface area (Å²) in [4.78, 5) is 21.7. The summed E-state index contributed by atoms with van der Waals surface area (Å²) in [5.74, 6) is -3.84. The van der Waals surface area contributed by atoms with Gasteiger partial charge < -0.3 is 15.6 Å². The number of nitrogens with two attached hydrogens (primary N) is 1. The van der Waals surface area contributed by atoms with E-state index in [4.69, 9.17) is 15.6 Å². The number of carbonyl (C=O) groups excluding carboxylic acids is 2. The summed E-state index contributed by atoms with van der Waals surface area (Å²) in [6, 6.07) is 0.644. The first-order chi connectivity index (χ1) is 8.85. The van der Waals surface area contributed by atoms with E-state index >= 15 is 0 Å². The minimum atomic E-state index is -1.32. The Balaban J connectivity index is 2.88. The molecule has 1 unspecified atom stereocenters. The van der Waals surface area contributed by atoms with Gasteiger partial charge in [-0.05, 0) is 24.6 Å². The smallest absolute Gasteiger partial charge is 0.318 e. The quantitative estimate of drug-likeness (QED) is 0.740. The largest absolute Gasteiger partial charge is 0.475 e. The number of rotatable bonds is 4. The van der Waals surface area contributed by atoms with Crippen molar-refractivity contribution in [1.29, 1.82) is 0 Å². The third-order valence-electron chi connectivity index (χ3n) is 2.15. The highest BCUT2D eigenvalue weighted by Gasteiger charge is 2.21. The molecule has 4 N–H and O–H groups in total. The lowest BCUT2D eigenvalue weighted by Crippen LogP contribution is -2.42. The van der Waals surface area contributed by atoms with Gasteiger partial charge in [0.05, 0.1) is 6.61 Å². The maximum absolute atomic E-state index is 13.5. The van der Waals surface area contributed by atoms with Crippen LogP contribution in [0.4, 0.5) is 13.6 Å².